The van der Waals surface area contributed by atoms with Gasteiger partial charge in [0, 0.05) is 33.2 Å². The number of rotatable bonds is 2. The summed E-state index contributed by atoms with van der Waals surface area (Å²) >= 11 is 6.57. The molecule has 0 unspecified atom stereocenters. The molecule has 0 fully saturated rings. The van der Waals surface area contributed by atoms with E-state index in [2.05, 4.69) is 41.8 Å². The van der Waals surface area contributed by atoms with E-state index < -0.39 is 0 Å². The second-order valence-corrected chi connectivity index (χ2v) is 5.05. The molecule has 0 aliphatic carbocycles. The van der Waals surface area contributed by atoms with E-state index in [0.29, 0.717) is 21.4 Å². The zero-order chi connectivity index (χ0) is 12.4. The second-order valence-electron chi connectivity index (χ2n) is 3.28. The van der Waals surface area contributed by atoms with Crippen molar-refractivity contribution in [2.45, 2.75) is 0 Å². The Bertz CT molecular complexity index is 587. The van der Waals surface area contributed by atoms with E-state index in [1.54, 1.807) is 18.3 Å². The van der Waals surface area contributed by atoms with E-state index in [1.165, 1.54) is 12.4 Å². The molecule has 0 aliphatic heterocycles. The number of nitrogens with two attached hydrogens (primary N) is 1. The molecule has 0 atom stereocenters. The lowest BCUT2D eigenvalue weighted by Gasteiger charge is -2.05. The van der Waals surface area contributed by atoms with Crippen LogP contribution in [0.2, 0.25) is 0 Å². The minimum Gasteiger partial charge on any atom is -0.398 e. The highest BCUT2D eigenvalue weighted by Gasteiger charge is 2.16. The summed E-state index contributed by atoms with van der Waals surface area (Å²) in [6, 6.07) is 3.34. The minimum atomic E-state index is -0.255. The van der Waals surface area contributed by atoms with Gasteiger partial charge < -0.3 is 5.73 Å². The Labute approximate surface area is 115 Å². The van der Waals surface area contributed by atoms with E-state index in [0.717, 1.165) is 4.47 Å². The highest BCUT2D eigenvalue weighted by molar-refractivity contribution is 9.11. The van der Waals surface area contributed by atoms with Crippen molar-refractivity contribution in [2.75, 3.05) is 5.73 Å². The van der Waals surface area contributed by atoms with Crippen LogP contribution in [0, 0.1) is 0 Å². The van der Waals surface area contributed by atoms with E-state index in [4.69, 9.17) is 5.73 Å². The lowest BCUT2D eigenvalue weighted by atomic mass is 10.1. The smallest absolute Gasteiger partial charge is 0.216 e. The van der Waals surface area contributed by atoms with E-state index in [1.807, 2.05) is 0 Å². The summed E-state index contributed by atoms with van der Waals surface area (Å²) in [7, 11) is 0. The van der Waals surface area contributed by atoms with E-state index in [9.17, 15) is 4.79 Å². The van der Waals surface area contributed by atoms with Gasteiger partial charge in [0.05, 0.1) is 5.56 Å². The maximum Gasteiger partial charge on any atom is 0.216 e. The number of pyridine rings is 2. The molecule has 4 nitrogen and oxygen atoms in total. The van der Waals surface area contributed by atoms with Crippen LogP contribution in [0.1, 0.15) is 16.1 Å². The first-order chi connectivity index (χ1) is 8.09. The van der Waals surface area contributed by atoms with Gasteiger partial charge in [-0.2, -0.15) is 0 Å². The lowest BCUT2D eigenvalue weighted by Crippen LogP contribution is -2.08. The van der Waals surface area contributed by atoms with Crippen molar-refractivity contribution >= 4 is 43.3 Å². The molecule has 6 heteroatoms. The summed E-state index contributed by atoms with van der Waals surface area (Å²) in [4.78, 5) is 20.1. The van der Waals surface area contributed by atoms with Crippen molar-refractivity contribution in [1.82, 2.24) is 9.97 Å². The number of halogens is 2. The first-order valence-electron chi connectivity index (χ1n) is 4.65. The molecule has 0 spiro atoms. The van der Waals surface area contributed by atoms with Crippen LogP contribution in [0.25, 0.3) is 0 Å². The Hall–Kier alpha value is -1.27. The number of nitrogen functional groups attached to an aromatic ring is 1. The Balaban J connectivity index is 2.48. The Kier molecular flexibility index (Phi) is 3.54. The number of anilines is 1. The number of hydrogen-bond donors (Lipinski definition) is 1. The average molecular weight is 357 g/mol. The van der Waals surface area contributed by atoms with Crippen molar-refractivity contribution in [3.05, 3.63) is 50.9 Å². The molecule has 17 heavy (non-hydrogen) atoms. The van der Waals surface area contributed by atoms with Crippen molar-refractivity contribution in [1.29, 1.82) is 0 Å². The molecule has 0 radical (unpaired) electrons. The van der Waals surface area contributed by atoms with Crippen molar-refractivity contribution in [3.63, 3.8) is 0 Å². The van der Waals surface area contributed by atoms with Crippen molar-refractivity contribution < 1.29 is 4.79 Å². The SMILES string of the molecule is Nc1ccncc1C(=O)c1ncc(Br)cc1Br. The largest absolute Gasteiger partial charge is 0.398 e. The topological polar surface area (TPSA) is 68.9 Å². The molecule has 0 bridgehead atoms. The average Bonchev–Trinajstić information content (AvgIpc) is 2.29. The molecule has 2 rings (SSSR count). The van der Waals surface area contributed by atoms with Gasteiger partial charge in [-0.1, -0.05) is 0 Å². The van der Waals surface area contributed by atoms with Crippen LogP contribution < -0.4 is 5.73 Å². The van der Waals surface area contributed by atoms with Gasteiger partial charge in [-0.15, -0.1) is 0 Å². The van der Waals surface area contributed by atoms with Crippen LogP contribution in [-0.4, -0.2) is 15.8 Å². The van der Waals surface area contributed by atoms with Gasteiger partial charge in [0.15, 0.2) is 0 Å². The molecule has 2 heterocycles. The van der Waals surface area contributed by atoms with Gasteiger partial charge in [-0.3, -0.25) is 14.8 Å². The second kappa shape index (κ2) is 4.93. The quantitative estimate of drug-likeness (QED) is 0.840. The highest BCUT2D eigenvalue weighted by Crippen LogP contribution is 2.23. The summed E-state index contributed by atoms with van der Waals surface area (Å²) in [5.74, 6) is -0.255. The van der Waals surface area contributed by atoms with Gasteiger partial charge in [0.25, 0.3) is 0 Å². The normalized spacial score (nSPS) is 10.2. The zero-order valence-corrected chi connectivity index (χ0v) is 11.7. The Morgan fingerprint density at radius 2 is 2.06 bits per heavy atom. The number of carbonyl (C=O) groups excluding carboxylic acids is 1. The lowest BCUT2D eigenvalue weighted by molar-refractivity contribution is 0.103. The van der Waals surface area contributed by atoms with Gasteiger partial charge >= 0.3 is 0 Å². The molecular formula is C11H7Br2N3O. The fourth-order valence-electron chi connectivity index (χ4n) is 1.30. The third-order valence-electron chi connectivity index (χ3n) is 2.12. The molecule has 2 N–H and O–H groups in total. The first kappa shape index (κ1) is 12.2. The van der Waals surface area contributed by atoms with Gasteiger partial charge in [0.2, 0.25) is 5.78 Å². The standard InChI is InChI=1S/C11H7Br2N3O/c12-6-3-8(13)10(16-4-6)11(17)7-5-15-2-1-9(7)14/h1-5H,(H2,14,15). The van der Waals surface area contributed by atoms with Gasteiger partial charge in [-0.05, 0) is 44.0 Å². The summed E-state index contributed by atoms with van der Waals surface area (Å²) in [6.45, 7) is 0. The number of aromatic nitrogens is 2. The molecule has 0 aliphatic rings. The van der Waals surface area contributed by atoms with E-state index in [-0.39, 0.29) is 5.78 Å². The monoisotopic (exact) mass is 355 g/mol. The summed E-state index contributed by atoms with van der Waals surface area (Å²) in [5.41, 5.74) is 6.78. The number of carbonyl (C=O) groups is 1. The fraction of sp³-hybridized carbons (Fsp3) is 0. The maximum atomic E-state index is 12.2. The Morgan fingerprint density at radius 1 is 1.29 bits per heavy atom. The predicted octanol–water partition coefficient (Wildman–Crippen LogP) is 2.81. The van der Waals surface area contributed by atoms with Crippen molar-refractivity contribution in [2.24, 2.45) is 0 Å². The summed E-state index contributed by atoms with van der Waals surface area (Å²) in [5, 5.41) is 0. The summed E-state index contributed by atoms with van der Waals surface area (Å²) < 4.78 is 1.40. The number of hydrogen-bond acceptors (Lipinski definition) is 4. The van der Waals surface area contributed by atoms with Crippen LogP contribution in [0.5, 0.6) is 0 Å². The zero-order valence-electron chi connectivity index (χ0n) is 8.52. The first-order valence-corrected chi connectivity index (χ1v) is 6.23. The minimum absolute atomic E-state index is 0.255. The molecule has 86 valence electrons. The van der Waals surface area contributed by atoms with Crippen LogP contribution in [-0.2, 0) is 0 Å². The highest BCUT2D eigenvalue weighted by atomic mass is 79.9. The molecule has 0 aromatic carbocycles. The molecule has 2 aromatic rings. The van der Waals surface area contributed by atoms with Crippen LogP contribution >= 0.6 is 31.9 Å². The number of nitrogens with zero attached hydrogens (tertiary/aromatic N) is 2. The molecule has 2 aromatic heterocycles. The third-order valence-corrected chi connectivity index (χ3v) is 3.16. The fourth-order valence-corrected chi connectivity index (χ4v) is 2.47. The van der Waals surface area contributed by atoms with Crippen LogP contribution in [0.3, 0.4) is 0 Å². The molecule has 0 saturated heterocycles. The van der Waals surface area contributed by atoms with Gasteiger partial charge in [0.1, 0.15) is 5.69 Å². The van der Waals surface area contributed by atoms with Crippen LogP contribution in [0.4, 0.5) is 5.69 Å². The Morgan fingerprint density at radius 3 is 2.71 bits per heavy atom. The van der Waals surface area contributed by atoms with Gasteiger partial charge in [-0.25, -0.2) is 0 Å². The predicted molar refractivity (Wildman–Crippen MR) is 71.7 cm³/mol. The summed E-state index contributed by atoms with van der Waals surface area (Å²) in [6.07, 6.45) is 4.54. The molecule has 0 amide bonds. The van der Waals surface area contributed by atoms with Crippen LogP contribution in [0.15, 0.2) is 39.7 Å². The molecule has 0 saturated carbocycles. The van der Waals surface area contributed by atoms with E-state index >= 15 is 0 Å². The third kappa shape index (κ3) is 2.53. The molecular weight excluding hydrogens is 350 g/mol. The van der Waals surface area contributed by atoms with Crippen molar-refractivity contribution in [3.8, 4) is 0 Å². The number of ketones is 1. The maximum absolute atomic E-state index is 12.2.